The molecular weight excluding hydrogens is 410 g/mol. The highest BCUT2D eigenvalue weighted by molar-refractivity contribution is 7.15. The number of anilines is 1. The molecule has 3 aromatic rings. The third-order valence-corrected chi connectivity index (χ3v) is 5.63. The van der Waals surface area contributed by atoms with Crippen LogP contribution in [0.4, 0.5) is 5.13 Å². The number of fused-ring (bicyclic) bond motifs is 1. The van der Waals surface area contributed by atoms with E-state index >= 15 is 0 Å². The molecule has 0 saturated carbocycles. The van der Waals surface area contributed by atoms with E-state index in [1.165, 1.54) is 22.5 Å². The van der Waals surface area contributed by atoms with Gasteiger partial charge in [0, 0.05) is 5.56 Å². The lowest BCUT2D eigenvalue weighted by molar-refractivity contribution is -0.132. The van der Waals surface area contributed by atoms with Gasteiger partial charge in [-0.1, -0.05) is 11.3 Å². The van der Waals surface area contributed by atoms with Gasteiger partial charge in [-0.3, -0.25) is 14.5 Å². The van der Waals surface area contributed by atoms with E-state index in [1.807, 2.05) is 0 Å². The molecular formula is C20H15N3O6S. The Morgan fingerprint density at radius 1 is 1.17 bits per heavy atom. The van der Waals surface area contributed by atoms with Gasteiger partial charge in [-0.05, 0) is 37.3 Å². The van der Waals surface area contributed by atoms with Gasteiger partial charge in [-0.25, -0.2) is 0 Å². The van der Waals surface area contributed by atoms with E-state index in [4.69, 9.17) is 13.9 Å². The van der Waals surface area contributed by atoms with Crippen LogP contribution in [0, 0.1) is 6.92 Å². The Balaban J connectivity index is 1.67. The predicted octanol–water partition coefficient (Wildman–Crippen LogP) is 2.84. The maximum absolute atomic E-state index is 13.0. The number of ether oxygens (including phenoxy) is 2. The second kappa shape index (κ2) is 6.99. The number of ketones is 1. The van der Waals surface area contributed by atoms with Crippen LogP contribution in [0.15, 0.2) is 46.6 Å². The monoisotopic (exact) mass is 425 g/mol. The Hall–Kier alpha value is -3.66. The molecule has 1 fully saturated rings. The van der Waals surface area contributed by atoms with E-state index in [2.05, 4.69) is 10.2 Å². The van der Waals surface area contributed by atoms with Gasteiger partial charge in [0.1, 0.15) is 35.8 Å². The molecule has 30 heavy (non-hydrogen) atoms. The molecule has 5 rings (SSSR count). The first-order valence-electron chi connectivity index (χ1n) is 9.09. The summed E-state index contributed by atoms with van der Waals surface area (Å²) in [5.74, 6) is -0.668. The van der Waals surface area contributed by atoms with Crippen molar-refractivity contribution in [3.05, 3.63) is 58.5 Å². The standard InChI is InChI=1S/C20H15N3O6S/c1-10-21-22-20(30-10)23-16(13-3-2-6-27-13)15(18(25)19(23)26)17(24)11-4-5-12-14(9-11)29-8-7-28-12/h2-6,9,16,24H,7-8H2,1H3. The fraction of sp³-hybridized carbons (Fsp3) is 0.200. The number of aromatic nitrogens is 2. The van der Waals surface area contributed by atoms with E-state index in [-0.39, 0.29) is 16.5 Å². The zero-order chi connectivity index (χ0) is 20.8. The lowest BCUT2D eigenvalue weighted by Crippen LogP contribution is -2.29. The van der Waals surface area contributed by atoms with Crippen LogP contribution in [0.2, 0.25) is 0 Å². The van der Waals surface area contributed by atoms with E-state index < -0.39 is 17.7 Å². The molecule has 152 valence electrons. The first-order chi connectivity index (χ1) is 14.5. The van der Waals surface area contributed by atoms with Crippen molar-refractivity contribution in [1.29, 1.82) is 0 Å². The number of amides is 1. The predicted molar refractivity (Wildman–Crippen MR) is 106 cm³/mol. The molecule has 2 aliphatic rings. The van der Waals surface area contributed by atoms with E-state index in [0.717, 1.165) is 0 Å². The fourth-order valence-electron chi connectivity index (χ4n) is 3.48. The van der Waals surface area contributed by atoms with Gasteiger partial charge in [0.25, 0.3) is 5.78 Å². The summed E-state index contributed by atoms with van der Waals surface area (Å²) in [5, 5.41) is 19.9. The van der Waals surface area contributed by atoms with Gasteiger partial charge >= 0.3 is 5.91 Å². The average Bonchev–Trinajstić information content (AvgIpc) is 3.48. The van der Waals surface area contributed by atoms with Gasteiger partial charge in [0.15, 0.2) is 11.5 Å². The van der Waals surface area contributed by atoms with E-state index in [9.17, 15) is 14.7 Å². The first-order valence-corrected chi connectivity index (χ1v) is 9.91. The molecule has 0 radical (unpaired) electrons. The minimum Gasteiger partial charge on any atom is -0.507 e. The Morgan fingerprint density at radius 3 is 2.67 bits per heavy atom. The lowest BCUT2D eigenvalue weighted by atomic mass is 9.99. The molecule has 0 aliphatic carbocycles. The third kappa shape index (κ3) is 2.84. The summed E-state index contributed by atoms with van der Waals surface area (Å²) >= 11 is 1.17. The van der Waals surface area contributed by atoms with Crippen LogP contribution in [0.5, 0.6) is 11.5 Å². The number of benzene rings is 1. The average molecular weight is 425 g/mol. The smallest absolute Gasteiger partial charge is 0.302 e. The zero-order valence-corrected chi connectivity index (χ0v) is 16.5. The molecule has 1 aromatic carbocycles. The summed E-state index contributed by atoms with van der Waals surface area (Å²) in [7, 11) is 0. The number of nitrogens with zero attached hydrogens (tertiary/aromatic N) is 3. The number of aliphatic hydroxyl groups is 1. The molecule has 1 amide bonds. The molecule has 1 saturated heterocycles. The Bertz CT molecular complexity index is 1180. The molecule has 9 nitrogen and oxygen atoms in total. The molecule has 10 heteroatoms. The summed E-state index contributed by atoms with van der Waals surface area (Å²) in [4.78, 5) is 27.0. The molecule has 1 unspecified atom stereocenters. The van der Waals surface area contributed by atoms with Crippen LogP contribution in [0.1, 0.15) is 22.4 Å². The molecule has 2 aliphatic heterocycles. The van der Waals surface area contributed by atoms with Crippen LogP contribution >= 0.6 is 11.3 Å². The molecule has 1 atom stereocenters. The first kappa shape index (κ1) is 18.4. The van der Waals surface area contributed by atoms with Crippen molar-refractivity contribution in [1.82, 2.24) is 10.2 Å². The normalized spacial score (nSPS) is 20.0. The van der Waals surface area contributed by atoms with Crippen molar-refractivity contribution < 1.29 is 28.6 Å². The largest absolute Gasteiger partial charge is 0.507 e. The van der Waals surface area contributed by atoms with Crippen molar-refractivity contribution in [2.45, 2.75) is 13.0 Å². The molecule has 0 bridgehead atoms. The number of Topliss-reactive ketones (excluding diaryl/α,β-unsaturated/α-hetero) is 1. The maximum atomic E-state index is 13.0. The van der Waals surface area contributed by atoms with Gasteiger partial charge in [0.05, 0.1) is 11.8 Å². The number of carbonyl (C=O) groups is 2. The van der Waals surface area contributed by atoms with E-state index in [1.54, 1.807) is 37.3 Å². The van der Waals surface area contributed by atoms with Crippen molar-refractivity contribution in [3.8, 4) is 11.5 Å². The summed E-state index contributed by atoms with van der Waals surface area (Å²) < 4.78 is 16.6. The topological polar surface area (TPSA) is 115 Å². The van der Waals surface area contributed by atoms with Crippen molar-refractivity contribution in [3.63, 3.8) is 0 Å². The van der Waals surface area contributed by atoms with Crippen LogP contribution in [0.25, 0.3) is 5.76 Å². The SMILES string of the molecule is Cc1nnc(N2C(=O)C(=O)C(=C(O)c3ccc4c(c3)OCCO4)C2c2ccco2)s1. The molecule has 2 aromatic heterocycles. The highest BCUT2D eigenvalue weighted by Crippen LogP contribution is 2.43. The maximum Gasteiger partial charge on any atom is 0.302 e. The minimum absolute atomic E-state index is 0.0977. The van der Waals surface area contributed by atoms with Gasteiger partial charge in [-0.2, -0.15) is 0 Å². The highest BCUT2D eigenvalue weighted by Gasteiger charge is 2.49. The number of hydrogen-bond donors (Lipinski definition) is 1. The summed E-state index contributed by atoms with van der Waals surface area (Å²) in [6, 6.07) is 7.13. The number of carbonyl (C=O) groups excluding carboxylic acids is 2. The Kier molecular flexibility index (Phi) is 4.28. The van der Waals surface area contributed by atoms with Crippen LogP contribution in [0.3, 0.4) is 0 Å². The molecule has 4 heterocycles. The van der Waals surface area contributed by atoms with Crippen molar-refractivity contribution >= 4 is 33.9 Å². The highest BCUT2D eigenvalue weighted by atomic mass is 32.1. The number of furan rings is 1. The number of aryl methyl sites for hydroxylation is 1. The van der Waals surface area contributed by atoms with Gasteiger partial charge < -0.3 is 19.0 Å². The minimum atomic E-state index is -0.972. The third-order valence-electron chi connectivity index (χ3n) is 4.79. The zero-order valence-electron chi connectivity index (χ0n) is 15.7. The number of aliphatic hydroxyl groups excluding tert-OH is 1. The van der Waals surface area contributed by atoms with Crippen LogP contribution in [-0.4, -0.2) is 40.2 Å². The fourth-order valence-corrected chi connectivity index (χ4v) is 4.19. The van der Waals surface area contributed by atoms with Crippen LogP contribution < -0.4 is 14.4 Å². The Morgan fingerprint density at radius 2 is 1.97 bits per heavy atom. The second-order valence-corrected chi connectivity index (χ2v) is 7.81. The summed E-state index contributed by atoms with van der Waals surface area (Å²) in [6.07, 6.45) is 1.44. The second-order valence-electron chi connectivity index (χ2n) is 6.65. The number of hydrogen-bond acceptors (Lipinski definition) is 9. The summed E-state index contributed by atoms with van der Waals surface area (Å²) in [6.45, 7) is 2.56. The Labute approximate surface area is 174 Å². The van der Waals surface area contributed by atoms with E-state index in [0.29, 0.717) is 41.0 Å². The van der Waals surface area contributed by atoms with Gasteiger partial charge in [-0.15, -0.1) is 10.2 Å². The van der Waals surface area contributed by atoms with Gasteiger partial charge in [0.2, 0.25) is 5.13 Å². The van der Waals surface area contributed by atoms with Crippen molar-refractivity contribution in [2.75, 3.05) is 18.1 Å². The van der Waals surface area contributed by atoms with Crippen LogP contribution in [-0.2, 0) is 9.59 Å². The number of rotatable bonds is 3. The lowest BCUT2D eigenvalue weighted by Gasteiger charge is -2.21. The summed E-state index contributed by atoms with van der Waals surface area (Å²) in [5.41, 5.74) is 0.224. The molecule has 1 N–H and O–H groups in total. The molecule has 0 spiro atoms. The van der Waals surface area contributed by atoms with Crippen molar-refractivity contribution in [2.24, 2.45) is 0 Å². The quantitative estimate of drug-likeness (QED) is 0.387.